The van der Waals surface area contributed by atoms with Crippen molar-refractivity contribution in [3.8, 4) is 0 Å². The molecule has 0 aliphatic carbocycles. The molecule has 2 atom stereocenters. The minimum Gasteiger partial charge on any atom is -0.444 e. The second-order valence-corrected chi connectivity index (χ2v) is 14.3. The molecule has 0 spiro atoms. The topological polar surface area (TPSA) is 150 Å². The van der Waals surface area contributed by atoms with Gasteiger partial charge < -0.3 is 35.2 Å². The first-order chi connectivity index (χ1) is 25.7. The minimum atomic E-state index is -4.56. The predicted octanol–water partition coefficient (Wildman–Crippen LogP) is 6.32. The highest BCUT2D eigenvalue weighted by molar-refractivity contribution is 6.11. The lowest BCUT2D eigenvalue weighted by atomic mass is 9.93. The monoisotopic (exact) mass is 748 g/mol. The van der Waals surface area contributed by atoms with Gasteiger partial charge in [0, 0.05) is 56.5 Å². The molecule has 2 aromatic heterocycles. The van der Waals surface area contributed by atoms with Crippen molar-refractivity contribution in [3.63, 3.8) is 0 Å². The van der Waals surface area contributed by atoms with Crippen molar-refractivity contribution in [2.75, 3.05) is 59.7 Å². The summed E-state index contributed by atoms with van der Waals surface area (Å²) < 4.78 is 53.4. The number of carbonyl (C=O) groups excluding carboxylic acids is 3. The van der Waals surface area contributed by atoms with Crippen LogP contribution >= 0.6 is 0 Å². The third-order valence-electron chi connectivity index (χ3n) is 8.97. The molecule has 16 heteroatoms. The summed E-state index contributed by atoms with van der Waals surface area (Å²) in [5, 5.41) is 12.0. The quantitative estimate of drug-likeness (QED) is 0.161. The van der Waals surface area contributed by atoms with Crippen LogP contribution in [0.3, 0.4) is 0 Å². The Labute approximate surface area is 310 Å². The molecule has 0 saturated carbocycles. The number of piperazine rings is 1. The van der Waals surface area contributed by atoms with Gasteiger partial charge in [-0.25, -0.2) is 14.6 Å². The summed E-state index contributed by atoms with van der Waals surface area (Å²) in [6.45, 7) is 7.76. The highest BCUT2D eigenvalue weighted by atomic mass is 19.4. The van der Waals surface area contributed by atoms with Gasteiger partial charge in [0.1, 0.15) is 12.2 Å². The van der Waals surface area contributed by atoms with E-state index in [-0.39, 0.29) is 42.3 Å². The summed E-state index contributed by atoms with van der Waals surface area (Å²) >= 11 is 0. The molecule has 3 amide bonds. The van der Waals surface area contributed by atoms with Gasteiger partial charge in [-0.2, -0.15) is 13.2 Å². The molecule has 6 rings (SSSR count). The van der Waals surface area contributed by atoms with Gasteiger partial charge in [-0.1, -0.05) is 36.4 Å². The number of anilines is 4. The molecule has 0 bridgehead atoms. The number of carbonyl (C=O) groups is 3. The summed E-state index contributed by atoms with van der Waals surface area (Å²) in [6.07, 6.45) is -3.83. The van der Waals surface area contributed by atoms with Gasteiger partial charge in [-0.15, -0.1) is 0 Å². The van der Waals surface area contributed by atoms with Gasteiger partial charge >= 0.3 is 18.4 Å². The number of nitrogens with one attached hydrogen (secondary N) is 4. The Morgan fingerprint density at radius 1 is 0.907 bits per heavy atom. The maximum atomic E-state index is 14.2. The number of alkyl carbamates (subject to hydrolysis) is 1. The number of alkyl halides is 3. The Hall–Kier alpha value is -5.64. The second-order valence-electron chi connectivity index (χ2n) is 14.3. The van der Waals surface area contributed by atoms with Crippen molar-refractivity contribution in [1.82, 2.24) is 20.6 Å². The Morgan fingerprint density at radius 2 is 1.67 bits per heavy atom. The van der Waals surface area contributed by atoms with Crippen LogP contribution in [0.2, 0.25) is 0 Å². The van der Waals surface area contributed by atoms with Crippen LogP contribution in [0.25, 0.3) is 10.9 Å². The fourth-order valence-electron chi connectivity index (χ4n) is 6.47. The van der Waals surface area contributed by atoms with E-state index in [1.165, 1.54) is 23.4 Å². The van der Waals surface area contributed by atoms with Crippen LogP contribution in [0.4, 0.5) is 45.5 Å². The maximum absolute atomic E-state index is 14.2. The van der Waals surface area contributed by atoms with Crippen LogP contribution in [0.15, 0.2) is 73.1 Å². The van der Waals surface area contributed by atoms with Crippen molar-refractivity contribution in [2.24, 2.45) is 5.92 Å². The van der Waals surface area contributed by atoms with E-state index >= 15 is 0 Å². The van der Waals surface area contributed by atoms with Gasteiger partial charge in [0.15, 0.2) is 5.69 Å². The van der Waals surface area contributed by atoms with Gasteiger partial charge in [0.25, 0.3) is 5.91 Å². The summed E-state index contributed by atoms with van der Waals surface area (Å²) in [4.78, 5) is 52.2. The predicted molar refractivity (Wildman–Crippen MR) is 199 cm³/mol. The number of rotatable bonds is 8. The average molecular weight is 749 g/mol. The van der Waals surface area contributed by atoms with Gasteiger partial charge in [-0.05, 0) is 57.0 Å². The van der Waals surface area contributed by atoms with E-state index < -0.39 is 48.4 Å². The highest BCUT2D eigenvalue weighted by Crippen LogP contribution is 2.37. The summed E-state index contributed by atoms with van der Waals surface area (Å²) in [5.41, 5.74) is 1.60. The van der Waals surface area contributed by atoms with Crippen LogP contribution in [0, 0.1) is 5.92 Å². The fourth-order valence-corrected chi connectivity index (χ4v) is 6.47. The molecule has 4 aromatic rings. The molecule has 4 N–H and O–H groups in total. The van der Waals surface area contributed by atoms with E-state index in [1.807, 2.05) is 36.4 Å². The summed E-state index contributed by atoms with van der Waals surface area (Å²) in [7, 11) is 0. The maximum Gasteiger partial charge on any atom is 0.412 e. The molecule has 13 nitrogen and oxygen atoms in total. The average Bonchev–Trinajstić information content (AvgIpc) is 3.13. The van der Waals surface area contributed by atoms with Gasteiger partial charge in [-0.3, -0.25) is 15.1 Å². The van der Waals surface area contributed by atoms with E-state index in [2.05, 4.69) is 36.1 Å². The van der Waals surface area contributed by atoms with E-state index in [1.54, 1.807) is 39.0 Å². The molecule has 2 fully saturated rings. The van der Waals surface area contributed by atoms with Gasteiger partial charge in [0.05, 0.1) is 40.7 Å². The minimum absolute atomic E-state index is 0.00177. The molecule has 2 aliphatic rings. The number of hydrogen-bond acceptors (Lipinski definition) is 10. The number of hydrogen-bond donors (Lipinski definition) is 4. The van der Waals surface area contributed by atoms with E-state index in [4.69, 9.17) is 9.47 Å². The van der Waals surface area contributed by atoms with E-state index in [0.29, 0.717) is 10.9 Å². The van der Waals surface area contributed by atoms with E-state index in [0.717, 1.165) is 37.4 Å². The number of piperidine rings is 1. The molecule has 0 radical (unpaired) electrons. The number of amides is 3. The lowest BCUT2D eigenvalue weighted by molar-refractivity contribution is -0.177. The standard InChI is InChI=1S/C38H43F3N8O5/c1-37(2,3)54-36(52)44-27-18-26(38(39,40)41)21-49(22-27)32-11-12-43-20-31(32)46-34(50)33-30(47-35(51)53-23-24-7-5-4-6-8-24)17-25-9-10-28(19-29(25)45-33)48-15-13-42-14-16-48/h4-12,17,19-20,26-27,42H,13-16,18,21-23H2,1-3H3,(H,44,52)(H,46,50)(H,47,51)/t26-,27+/m1/s1. The zero-order chi connectivity index (χ0) is 38.5. The first-order valence-corrected chi connectivity index (χ1v) is 17.7. The van der Waals surface area contributed by atoms with Crippen LogP contribution < -0.4 is 31.1 Å². The van der Waals surface area contributed by atoms with Crippen LogP contribution in [0.5, 0.6) is 0 Å². The van der Waals surface area contributed by atoms with Crippen molar-refractivity contribution >= 4 is 51.7 Å². The SMILES string of the molecule is CC(C)(C)OC(=O)N[C@H]1C[C@@H](C(F)(F)F)CN(c2ccncc2NC(=O)c2nc3cc(N4CCNCC4)ccc3cc2NC(=O)OCc2ccccc2)C1. The number of fused-ring (bicyclic) bond motifs is 1. The largest absolute Gasteiger partial charge is 0.444 e. The first-order valence-electron chi connectivity index (χ1n) is 17.7. The number of pyridine rings is 2. The molecule has 2 aromatic carbocycles. The third-order valence-corrected chi connectivity index (χ3v) is 8.97. The zero-order valence-electron chi connectivity index (χ0n) is 30.2. The lowest BCUT2D eigenvalue weighted by Crippen LogP contribution is -2.54. The molecular formula is C38H43F3N8O5. The third kappa shape index (κ3) is 9.86. The van der Waals surface area contributed by atoms with Gasteiger partial charge in [0.2, 0.25) is 0 Å². The molecular weight excluding hydrogens is 705 g/mol. The molecule has 2 aliphatic heterocycles. The Morgan fingerprint density at radius 3 is 2.39 bits per heavy atom. The van der Waals surface area contributed by atoms with Crippen molar-refractivity contribution in [2.45, 2.75) is 51.6 Å². The van der Waals surface area contributed by atoms with Crippen molar-refractivity contribution in [3.05, 3.63) is 84.3 Å². The Balaban J connectivity index is 1.29. The number of aromatic nitrogens is 2. The normalized spacial score (nSPS) is 17.8. The first kappa shape index (κ1) is 38.1. The molecule has 2 saturated heterocycles. The lowest BCUT2D eigenvalue weighted by Gasteiger charge is -2.40. The fraction of sp³-hybridized carbons (Fsp3) is 0.395. The highest BCUT2D eigenvalue weighted by Gasteiger charge is 2.45. The van der Waals surface area contributed by atoms with Crippen LogP contribution in [0.1, 0.15) is 43.2 Å². The number of halogens is 3. The molecule has 286 valence electrons. The summed E-state index contributed by atoms with van der Waals surface area (Å²) in [6, 6.07) is 17.0. The molecule has 4 heterocycles. The summed E-state index contributed by atoms with van der Waals surface area (Å²) in [5.74, 6) is -2.53. The smallest absolute Gasteiger partial charge is 0.412 e. The Bertz CT molecular complexity index is 1970. The van der Waals surface area contributed by atoms with Crippen molar-refractivity contribution in [1.29, 1.82) is 0 Å². The van der Waals surface area contributed by atoms with E-state index in [9.17, 15) is 27.6 Å². The number of benzene rings is 2. The number of ether oxygens (including phenoxy) is 2. The van der Waals surface area contributed by atoms with Crippen LogP contribution in [-0.4, -0.2) is 85.1 Å². The second kappa shape index (κ2) is 16.2. The zero-order valence-corrected chi connectivity index (χ0v) is 30.2. The molecule has 0 unspecified atom stereocenters. The van der Waals surface area contributed by atoms with Crippen molar-refractivity contribution < 1.29 is 37.0 Å². The Kier molecular flexibility index (Phi) is 11.4. The number of nitrogens with zero attached hydrogens (tertiary/aromatic N) is 4. The van der Waals surface area contributed by atoms with Crippen LogP contribution in [-0.2, 0) is 16.1 Å². The molecule has 54 heavy (non-hydrogen) atoms.